The largest absolute Gasteiger partial charge is 0.457 e. The lowest BCUT2D eigenvalue weighted by Gasteiger charge is -2.13. The van der Waals surface area contributed by atoms with Crippen LogP contribution in [0.15, 0.2) is 34.3 Å². The molecule has 26 heavy (non-hydrogen) atoms. The predicted molar refractivity (Wildman–Crippen MR) is 89.9 cm³/mol. The third kappa shape index (κ3) is 2.97. The lowest BCUT2D eigenvalue weighted by atomic mass is 10.00. The minimum absolute atomic E-state index is 0.0142. The minimum Gasteiger partial charge on any atom is -0.457 e. The van der Waals surface area contributed by atoms with E-state index in [2.05, 4.69) is 0 Å². The van der Waals surface area contributed by atoms with Gasteiger partial charge in [-0.05, 0) is 43.7 Å². The van der Waals surface area contributed by atoms with E-state index in [0.717, 1.165) is 0 Å². The molecule has 1 fully saturated rings. The van der Waals surface area contributed by atoms with Gasteiger partial charge in [-0.15, -0.1) is 0 Å². The highest BCUT2D eigenvalue weighted by molar-refractivity contribution is 6.31. The topological polar surface area (TPSA) is 132 Å². The standard InChI is InChI=1S/C17H13N3O6/c1-8-9(2)13(20(24)25)5-4-11(8)14-6-3-10(26-14)7-12-15(21)18-17(23)19-16(12)22/h3-7H,1-2H3,(H2,18,19,21,22,23). The Bertz CT molecular complexity index is 980. The van der Waals surface area contributed by atoms with E-state index in [1.54, 1.807) is 32.0 Å². The van der Waals surface area contributed by atoms with Gasteiger partial charge in [-0.1, -0.05) is 0 Å². The molecule has 0 aliphatic carbocycles. The smallest absolute Gasteiger partial charge is 0.328 e. The molecule has 132 valence electrons. The van der Waals surface area contributed by atoms with E-state index in [-0.39, 0.29) is 17.0 Å². The zero-order valence-corrected chi connectivity index (χ0v) is 13.8. The Hall–Kier alpha value is -3.75. The summed E-state index contributed by atoms with van der Waals surface area (Å²) in [7, 11) is 0. The maximum absolute atomic E-state index is 11.7. The number of barbiturate groups is 1. The average molecular weight is 355 g/mol. The number of hydrogen-bond donors (Lipinski definition) is 2. The van der Waals surface area contributed by atoms with Crippen LogP contribution in [-0.4, -0.2) is 22.8 Å². The highest BCUT2D eigenvalue weighted by Gasteiger charge is 2.28. The number of rotatable bonds is 3. The Labute approximate surface area is 146 Å². The molecule has 0 spiro atoms. The summed E-state index contributed by atoms with van der Waals surface area (Å²) >= 11 is 0. The number of imide groups is 2. The van der Waals surface area contributed by atoms with E-state index < -0.39 is 22.8 Å². The first-order chi connectivity index (χ1) is 12.3. The van der Waals surface area contributed by atoms with E-state index in [1.807, 2.05) is 10.6 Å². The van der Waals surface area contributed by atoms with Crippen LogP contribution >= 0.6 is 0 Å². The fourth-order valence-corrected chi connectivity index (χ4v) is 2.59. The van der Waals surface area contributed by atoms with E-state index in [9.17, 15) is 24.5 Å². The van der Waals surface area contributed by atoms with E-state index >= 15 is 0 Å². The van der Waals surface area contributed by atoms with Crippen molar-refractivity contribution >= 4 is 29.6 Å². The molecule has 1 saturated heterocycles. The fourth-order valence-electron chi connectivity index (χ4n) is 2.59. The van der Waals surface area contributed by atoms with Crippen molar-refractivity contribution in [1.82, 2.24) is 10.6 Å². The zero-order chi connectivity index (χ0) is 19.0. The van der Waals surface area contributed by atoms with E-state index in [1.165, 1.54) is 12.1 Å². The Balaban J connectivity index is 1.96. The molecule has 1 aromatic carbocycles. The molecule has 0 bridgehead atoms. The van der Waals surface area contributed by atoms with Gasteiger partial charge in [-0.2, -0.15) is 0 Å². The number of nitro benzene ring substituents is 1. The van der Waals surface area contributed by atoms with Crippen molar-refractivity contribution in [3.05, 3.63) is 56.8 Å². The summed E-state index contributed by atoms with van der Waals surface area (Å²) in [4.78, 5) is 45.1. The number of nitrogens with one attached hydrogen (secondary N) is 2. The highest BCUT2D eigenvalue weighted by atomic mass is 16.6. The molecule has 0 radical (unpaired) electrons. The minimum atomic E-state index is -0.880. The molecule has 4 amide bonds. The van der Waals surface area contributed by atoms with Crippen molar-refractivity contribution < 1.29 is 23.7 Å². The number of furan rings is 1. The monoisotopic (exact) mass is 355 g/mol. The van der Waals surface area contributed by atoms with Crippen LogP contribution in [0.1, 0.15) is 16.9 Å². The average Bonchev–Trinajstić information content (AvgIpc) is 3.01. The van der Waals surface area contributed by atoms with Gasteiger partial charge in [0, 0.05) is 17.2 Å². The molecule has 2 heterocycles. The van der Waals surface area contributed by atoms with Gasteiger partial charge in [0.2, 0.25) is 0 Å². The molecule has 2 aromatic rings. The number of nitrogens with zero attached hydrogens (tertiary/aromatic N) is 1. The van der Waals surface area contributed by atoms with Crippen LogP contribution < -0.4 is 10.6 Å². The van der Waals surface area contributed by atoms with Gasteiger partial charge in [0.25, 0.3) is 17.5 Å². The van der Waals surface area contributed by atoms with Crippen LogP contribution in [0, 0.1) is 24.0 Å². The third-order valence-corrected chi connectivity index (χ3v) is 4.08. The quantitative estimate of drug-likeness (QED) is 0.375. The van der Waals surface area contributed by atoms with Crippen molar-refractivity contribution in [2.75, 3.05) is 0 Å². The fraction of sp³-hybridized carbons (Fsp3) is 0.118. The summed E-state index contributed by atoms with van der Waals surface area (Å²) < 4.78 is 5.64. The summed E-state index contributed by atoms with van der Waals surface area (Å²) in [5.41, 5.74) is 1.62. The summed E-state index contributed by atoms with van der Waals surface area (Å²) in [6, 6.07) is 5.27. The molecule has 0 saturated carbocycles. The van der Waals surface area contributed by atoms with Crippen molar-refractivity contribution in [3.8, 4) is 11.3 Å². The lowest BCUT2D eigenvalue weighted by molar-refractivity contribution is -0.385. The van der Waals surface area contributed by atoms with Crippen LogP contribution in [0.2, 0.25) is 0 Å². The Kier molecular flexibility index (Phi) is 4.13. The molecule has 9 nitrogen and oxygen atoms in total. The van der Waals surface area contributed by atoms with Gasteiger partial charge < -0.3 is 4.42 Å². The summed E-state index contributed by atoms with van der Waals surface area (Å²) in [6.07, 6.45) is 1.22. The Morgan fingerprint density at radius 3 is 2.27 bits per heavy atom. The molecular formula is C17H13N3O6. The molecule has 1 aliphatic rings. The second-order valence-corrected chi connectivity index (χ2v) is 5.64. The summed E-state index contributed by atoms with van der Waals surface area (Å²) in [5, 5.41) is 14.9. The van der Waals surface area contributed by atoms with Gasteiger partial charge in [0.1, 0.15) is 17.1 Å². The number of amides is 4. The van der Waals surface area contributed by atoms with Gasteiger partial charge in [0.15, 0.2) is 0 Å². The normalized spacial score (nSPS) is 14.1. The first-order valence-electron chi connectivity index (χ1n) is 7.51. The SMILES string of the molecule is Cc1c(-c2ccc(C=C3C(=O)NC(=O)NC3=O)o2)ccc([N+](=O)[O-])c1C. The van der Waals surface area contributed by atoms with Crippen molar-refractivity contribution in [2.45, 2.75) is 13.8 Å². The highest BCUT2D eigenvalue weighted by Crippen LogP contribution is 2.32. The maximum Gasteiger partial charge on any atom is 0.328 e. The number of carbonyl (C=O) groups is 3. The van der Waals surface area contributed by atoms with Crippen LogP contribution in [0.5, 0.6) is 0 Å². The number of benzene rings is 1. The maximum atomic E-state index is 11.7. The first-order valence-corrected chi connectivity index (χ1v) is 7.51. The van der Waals surface area contributed by atoms with E-state index in [0.29, 0.717) is 22.5 Å². The molecule has 1 aliphatic heterocycles. The third-order valence-electron chi connectivity index (χ3n) is 4.08. The van der Waals surface area contributed by atoms with Gasteiger partial charge in [-0.25, -0.2) is 4.79 Å². The van der Waals surface area contributed by atoms with Crippen LogP contribution in [0.3, 0.4) is 0 Å². The molecule has 3 rings (SSSR count). The van der Waals surface area contributed by atoms with Crippen molar-refractivity contribution in [1.29, 1.82) is 0 Å². The van der Waals surface area contributed by atoms with Gasteiger partial charge in [-0.3, -0.25) is 30.3 Å². The lowest BCUT2D eigenvalue weighted by Crippen LogP contribution is -2.51. The molecular weight excluding hydrogens is 342 g/mol. The molecule has 0 unspecified atom stereocenters. The Morgan fingerprint density at radius 1 is 1.00 bits per heavy atom. The second kappa shape index (κ2) is 6.28. The number of nitro groups is 1. The molecule has 1 aromatic heterocycles. The second-order valence-electron chi connectivity index (χ2n) is 5.64. The van der Waals surface area contributed by atoms with Crippen LogP contribution in [0.25, 0.3) is 17.4 Å². The number of carbonyl (C=O) groups excluding carboxylic acids is 3. The van der Waals surface area contributed by atoms with Crippen LogP contribution in [-0.2, 0) is 9.59 Å². The van der Waals surface area contributed by atoms with Crippen molar-refractivity contribution in [2.24, 2.45) is 0 Å². The summed E-state index contributed by atoms with van der Waals surface area (Å²) in [6.45, 7) is 3.39. The summed E-state index contributed by atoms with van der Waals surface area (Å²) in [5.74, 6) is -0.983. The Morgan fingerprint density at radius 2 is 1.65 bits per heavy atom. The van der Waals surface area contributed by atoms with Gasteiger partial charge >= 0.3 is 6.03 Å². The number of urea groups is 1. The van der Waals surface area contributed by atoms with Crippen molar-refractivity contribution in [3.63, 3.8) is 0 Å². The molecule has 0 atom stereocenters. The van der Waals surface area contributed by atoms with Gasteiger partial charge in [0.05, 0.1) is 4.92 Å². The molecule has 9 heteroatoms. The zero-order valence-electron chi connectivity index (χ0n) is 13.8. The van der Waals surface area contributed by atoms with Crippen LogP contribution in [0.4, 0.5) is 10.5 Å². The molecule has 2 N–H and O–H groups in total. The first kappa shape index (κ1) is 17.1. The number of hydrogen-bond acceptors (Lipinski definition) is 6. The van der Waals surface area contributed by atoms with E-state index in [4.69, 9.17) is 4.42 Å². The predicted octanol–water partition coefficient (Wildman–Crippen LogP) is 2.22.